The topological polar surface area (TPSA) is 98.7 Å². The molecule has 2 saturated heterocycles. The van der Waals surface area contributed by atoms with Crippen molar-refractivity contribution in [1.29, 1.82) is 0 Å². The third-order valence-electron chi connectivity index (χ3n) is 6.08. The number of benzene rings is 1. The summed E-state index contributed by atoms with van der Waals surface area (Å²) >= 11 is 0. The van der Waals surface area contributed by atoms with E-state index in [2.05, 4.69) is 6.92 Å². The summed E-state index contributed by atoms with van der Waals surface area (Å²) in [4.78, 5) is 23.3. The van der Waals surface area contributed by atoms with Crippen molar-refractivity contribution >= 4 is 11.9 Å². The fourth-order valence-corrected chi connectivity index (χ4v) is 3.88. The molecule has 0 aromatic heterocycles. The van der Waals surface area contributed by atoms with Crippen molar-refractivity contribution < 1.29 is 29.3 Å². The number of aromatic carboxylic acids is 2. The van der Waals surface area contributed by atoms with Crippen LogP contribution in [0.25, 0.3) is 0 Å². The van der Waals surface area contributed by atoms with E-state index in [0.717, 1.165) is 18.4 Å². The maximum atomic E-state index is 11.8. The van der Waals surface area contributed by atoms with Crippen molar-refractivity contribution in [3.8, 4) is 0 Å². The van der Waals surface area contributed by atoms with Crippen molar-refractivity contribution in [3.05, 3.63) is 34.4 Å². The molecule has 2 heterocycles. The van der Waals surface area contributed by atoms with Crippen LogP contribution in [-0.2, 0) is 22.3 Å². The molecule has 1 aromatic carbocycles. The molecule has 0 unspecified atom stereocenters. The zero-order chi connectivity index (χ0) is 18.9. The van der Waals surface area contributed by atoms with Crippen LogP contribution < -0.4 is 10.2 Å². The fraction of sp³-hybridized carbons (Fsp3) is 0.600. The summed E-state index contributed by atoms with van der Waals surface area (Å²) in [5.41, 5.74) is 0.685. The lowest BCUT2D eigenvalue weighted by Crippen LogP contribution is -2.46. The fourth-order valence-electron chi connectivity index (χ4n) is 3.88. The number of carboxylic acid groups (broad SMARTS) is 2. The Hall–Kier alpha value is -1.92. The molecule has 26 heavy (non-hydrogen) atoms. The predicted octanol–water partition coefficient (Wildman–Crippen LogP) is 0.352. The van der Waals surface area contributed by atoms with Crippen molar-refractivity contribution in [2.45, 2.75) is 39.5 Å². The molecule has 0 N–H and O–H groups in total. The number of hydrogen-bond acceptors (Lipinski definition) is 6. The number of carbonyl (C=O) groups excluding carboxylic acids is 2. The first-order valence-corrected chi connectivity index (χ1v) is 9.08. The van der Waals surface area contributed by atoms with Gasteiger partial charge >= 0.3 is 0 Å². The van der Waals surface area contributed by atoms with Crippen LogP contribution in [0.2, 0.25) is 0 Å². The summed E-state index contributed by atoms with van der Waals surface area (Å²) in [7, 11) is 0. The first-order chi connectivity index (χ1) is 12.4. The second-order valence-electron chi connectivity index (χ2n) is 7.75. The van der Waals surface area contributed by atoms with Crippen LogP contribution in [0, 0.1) is 10.8 Å². The van der Waals surface area contributed by atoms with Crippen molar-refractivity contribution in [3.63, 3.8) is 0 Å². The third-order valence-corrected chi connectivity index (χ3v) is 6.08. The molecule has 2 aliphatic heterocycles. The van der Waals surface area contributed by atoms with Crippen LogP contribution in [0.5, 0.6) is 0 Å². The van der Waals surface area contributed by atoms with Gasteiger partial charge in [0.25, 0.3) is 0 Å². The molecule has 0 spiro atoms. The van der Waals surface area contributed by atoms with Gasteiger partial charge in [-0.25, -0.2) is 0 Å². The minimum atomic E-state index is -1.50. The van der Waals surface area contributed by atoms with Crippen LogP contribution in [0.3, 0.4) is 0 Å². The Morgan fingerprint density at radius 3 is 1.85 bits per heavy atom. The van der Waals surface area contributed by atoms with Crippen molar-refractivity contribution in [1.82, 2.24) is 0 Å². The highest BCUT2D eigenvalue weighted by atomic mass is 16.5. The average Bonchev–Trinajstić information content (AvgIpc) is 2.54. The monoisotopic (exact) mass is 360 g/mol. The van der Waals surface area contributed by atoms with Crippen LogP contribution >= 0.6 is 0 Å². The average molecular weight is 360 g/mol. The van der Waals surface area contributed by atoms with E-state index in [1.54, 1.807) is 6.07 Å². The van der Waals surface area contributed by atoms with E-state index in [0.29, 0.717) is 44.8 Å². The number of ether oxygens (including phenoxy) is 2. The standard InChI is InChI=1S/C20H26O6/c1-3-19(9-25-10-19)7-13-5-6-14(17(21)22)16(18(23)24)15(13)8-20(4-2)11-26-12-20/h5-6H,3-4,7-12H2,1-2H3,(H,21,22)(H,23,24)/p-2. The molecule has 0 saturated carbocycles. The van der Waals surface area contributed by atoms with Gasteiger partial charge in [0.05, 0.1) is 38.4 Å². The number of hydrogen-bond donors (Lipinski definition) is 0. The van der Waals surface area contributed by atoms with Gasteiger partial charge in [0, 0.05) is 22.0 Å². The number of carbonyl (C=O) groups is 2. The minimum absolute atomic E-state index is 0.0174. The second kappa shape index (κ2) is 7.00. The summed E-state index contributed by atoms with van der Waals surface area (Å²) in [6.45, 7) is 6.49. The Morgan fingerprint density at radius 1 is 0.923 bits per heavy atom. The van der Waals surface area contributed by atoms with E-state index in [-0.39, 0.29) is 22.0 Å². The van der Waals surface area contributed by atoms with Crippen LogP contribution in [0.1, 0.15) is 58.5 Å². The highest BCUT2D eigenvalue weighted by Gasteiger charge is 2.41. The van der Waals surface area contributed by atoms with Crippen molar-refractivity contribution in [2.24, 2.45) is 10.8 Å². The molecule has 6 nitrogen and oxygen atoms in total. The SMILES string of the molecule is CCC1(Cc2ccc(C(=O)[O-])c(C(=O)[O-])c2CC2(CC)COC2)COC1. The molecule has 0 bridgehead atoms. The summed E-state index contributed by atoms with van der Waals surface area (Å²) in [5.74, 6) is -2.97. The molecule has 0 aliphatic carbocycles. The van der Waals surface area contributed by atoms with Gasteiger partial charge in [-0.15, -0.1) is 0 Å². The van der Waals surface area contributed by atoms with Gasteiger partial charge in [-0.3, -0.25) is 0 Å². The molecule has 2 fully saturated rings. The summed E-state index contributed by atoms with van der Waals surface area (Å²) < 4.78 is 10.7. The molecule has 0 atom stereocenters. The maximum absolute atomic E-state index is 11.8. The Morgan fingerprint density at radius 2 is 1.46 bits per heavy atom. The molecule has 0 amide bonds. The van der Waals surface area contributed by atoms with E-state index < -0.39 is 11.9 Å². The molecule has 6 heteroatoms. The third kappa shape index (κ3) is 3.23. The Labute approximate surface area is 153 Å². The molecule has 1 aromatic rings. The largest absolute Gasteiger partial charge is 0.545 e. The zero-order valence-corrected chi connectivity index (χ0v) is 15.3. The van der Waals surface area contributed by atoms with Crippen LogP contribution in [0.15, 0.2) is 12.1 Å². The highest BCUT2D eigenvalue weighted by molar-refractivity contribution is 6.01. The number of carboxylic acids is 2. The smallest absolute Gasteiger partial charge is 0.0724 e. The van der Waals surface area contributed by atoms with Crippen LogP contribution in [-0.4, -0.2) is 38.4 Å². The Kier molecular flexibility index (Phi) is 5.08. The highest BCUT2D eigenvalue weighted by Crippen LogP contribution is 2.41. The molecule has 0 radical (unpaired) electrons. The summed E-state index contributed by atoms with van der Waals surface area (Å²) in [6.07, 6.45) is 2.87. The van der Waals surface area contributed by atoms with Crippen molar-refractivity contribution in [2.75, 3.05) is 26.4 Å². The van der Waals surface area contributed by atoms with Gasteiger partial charge in [0.1, 0.15) is 0 Å². The minimum Gasteiger partial charge on any atom is -0.545 e. The van der Waals surface area contributed by atoms with Gasteiger partial charge in [-0.2, -0.15) is 0 Å². The molecule has 142 valence electrons. The van der Waals surface area contributed by atoms with Gasteiger partial charge in [0.2, 0.25) is 0 Å². The zero-order valence-electron chi connectivity index (χ0n) is 15.3. The Bertz CT molecular complexity index is 704. The lowest BCUT2D eigenvalue weighted by Gasteiger charge is -2.44. The Balaban J connectivity index is 2.09. The quantitative estimate of drug-likeness (QED) is 0.663. The molecule has 3 rings (SSSR count). The lowest BCUT2D eigenvalue weighted by atomic mass is 9.71. The summed E-state index contributed by atoms with van der Waals surface area (Å²) in [6, 6.07) is 3.06. The van der Waals surface area contributed by atoms with Gasteiger partial charge < -0.3 is 29.3 Å². The van der Waals surface area contributed by atoms with E-state index in [4.69, 9.17) is 9.47 Å². The van der Waals surface area contributed by atoms with Crippen LogP contribution in [0.4, 0.5) is 0 Å². The maximum Gasteiger partial charge on any atom is 0.0724 e. The molecule has 2 aliphatic rings. The van der Waals surface area contributed by atoms with E-state index in [9.17, 15) is 19.8 Å². The normalized spacial score (nSPS) is 20.1. The molecular formula is C20H24O6-2. The van der Waals surface area contributed by atoms with Gasteiger partial charge in [-0.05, 0) is 36.8 Å². The van der Waals surface area contributed by atoms with E-state index in [1.807, 2.05) is 6.92 Å². The first-order valence-electron chi connectivity index (χ1n) is 9.08. The van der Waals surface area contributed by atoms with Gasteiger partial charge in [-0.1, -0.05) is 26.0 Å². The molecular weight excluding hydrogens is 336 g/mol. The number of rotatable bonds is 8. The van der Waals surface area contributed by atoms with Gasteiger partial charge in [0.15, 0.2) is 0 Å². The second-order valence-corrected chi connectivity index (χ2v) is 7.75. The first kappa shape index (κ1) is 18.9. The predicted molar refractivity (Wildman–Crippen MR) is 89.6 cm³/mol. The van der Waals surface area contributed by atoms with E-state index in [1.165, 1.54) is 6.07 Å². The lowest BCUT2D eigenvalue weighted by molar-refractivity contribution is -0.259. The summed E-state index contributed by atoms with van der Waals surface area (Å²) in [5, 5.41) is 23.3. The van der Waals surface area contributed by atoms with E-state index >= 15 is 0 Å².